The number of carbonyl (C=O) groups is 1. The van der Waals surface area contributed by atoms with Crippen molar-refractivity contribution in [2.45, 2.75) is 19.6 Å². The van der Waals surface area contributed by atoms with Crippen molar-refractivity contribution in [1.82, 2.24) is 0 Å². The molecular weight excluding hydrogens is 213 g/mol. The summed E-state index contributed by atoms with van der Waals surface area (Å²) < 4.78 is 18.1. The van der Waals surface area contributed by atoms with Crippen LogP contribution in [0.1, 0.15) is 18.1 Å². The van der Waals surface area contributed by atoms with Gasteiger partial charge in [-0.05, 0) is 25.1 Å². The van der Waals surface area contributed by atoms with E-state index in [1.165, 1.54) is 19.1 Å². The molecule has 4 nitrogen and oxygen atoms in total. The van der Waals surface area contributed by atoms with Gasteiger partial charge in [0.2, 0.25) is 0 Å². The molecule has 84 valence electrons. The van der Waals surface area contributed by atoms with Crippen LogP contribution in [0.25, 0.3) is 0 Å². The summed E-state index contributed by atoms with van der Waals surface area (Å²) in [5.74, 6) is -1.63. The molecule has 0 aromatic heterocycles. The Balaban J connectivity index is 2.74. The van der Waals surface area contributed by atoms with Crippen molar-refractivity contribution in [3.8, 4) is 6.07 Å². The number of carboxylic acid groups (broad SMARTS) is 1. The molecule has 0 saturated heterocycles. The normalized spacial score (nSPS) is 11.8. The first-order chi connectivity index (χ1) is 7.54. The molecule has 5 heteroatoms. The number of hydrogen-bond donors (Lipinski definition) is 1. The van der Waals surface area contributed by atoms with E-state index in [0.29, 0.717) is 5.56 Å². The molecule has 1 atom stereocenters. The number of benzene rings is 1. The SMILES string of the molecule is C[C@@H](OCc1cc(C#N)ccc1F)C(=O)O. The highest BCUT2D eigenvalue weighted by atomic mass is 19.1. The summed E-state index contributed by atoms with van der Waals surface area (Å²) in [7, 11) is 0. The molecule has 1 aromatic rings. The van der Waals surface area contributed by atoms with Crippen LogP contribution in [0.15, 0.2) is 18.2 Å². The number of nitriles is 1. The molecular formula is C11H10FNO3. The molecule has 0 aliphatic carbocycles. The molecule has 0 aliphatic heterocycles. The van der Waals surface area contributed by atoms with Gasteiger partial charge in [0.15, 0.2) is 6.10 Å². The van der Waals surface area contributed by atoms with Gasteiger partial charge < -0.3 is 9.84 Å². The molecule has 1 N–H and O–H groups in total. The molecule has 0 radical (unpaired) electrons. The molecule has 0 amide bonds. The summed E-state index contributed by atoms with van der Waals surface area (Å²) in [5.41, 5.74) is 0.482. The topological polar surface area (TPSA) is 70.3 Å². The number of aliphatic carboxylic acids is 1. The predicted octanol–water partition coefficient (Wildman–Crippen LogP) is 1.69. The van der Waals surface area contributed by atoms with Gasteiger partial charge in [0.25, 0.3) is 0 Å². The zero-order valence-corrected chi connectivity index (χ0v) is 8.61. The van der Waals surface area contributed by atoms with E-state index < -0.39 is 17.9 Å². The second kappa shape index (κ2) is 5.24. The molecule has 16 heavy (non-hydrogen) atoms. The Bertz CT molecular complexity index is 439. The average molecular weight is 223 g/mol. The van der Waals surface area contributed by atoms with Crippen LogP contribution in [0.2, 0.25) is 0 Å². The van der Waals surface area contributed by atoms with Gasteiger partial charge in [-0.2, -0.15) is 5.26 Å². The Morgan fingerprint density at radius 1 is 1.69 bits per heavy atom. The molecule has 0 fully saturated rings. The van der Waals surface area contributed by atoms with Crippen LogP contribution in [0, 0.1) is 17.1 Å². The first kappa shape index (κ1) is 12.1. The zero-order valence-electron chi connectivity index (χ0n) is 8.61. The summed E-state index contributed by atoms with van der Waals surface area (Å²) in [6, 6.07) is 5.71. The molecule has 0 heterocycles. The smallest absolute Gasteiger partial charge is 0.332 e. The minimum atomic E-state index is -1.11. The maximum Gasteiger partial charge on any atom is 0.332 e. The van der Waals surface area contributed by atoms with Crippen molar-refractivity contribution in [1.29, 1.82) is 5.26 Å². The van der Waals surface area contributed by atoms with Gasteiger partial charge in [-0.15, -0.1) is 0 Å². The molecule has 1 aromatic carbocycles. The van der Waals surface area contributed by atoms with E-state index in [1.807, 2.05) is 6.07 Å². The van der Waals surface area contributed by atoms with Gasteiger partial charge in [-0.3, -0.25) is 0 Å². The number of rotatable bonds is 4. The van der Waals surface area contributed by atoms with E-state index in [1.54, 1.807) is 0 Å². The quantitative estimate of drug-likeness (QED) is 0.843. The maximum absolute atomic E-state index is 13.2. The Morgan fingerprint density at radius 3 is 2.94 bits per heavy atom. The van der Waals surface area contributed by atoms with Gasteiger partial charge >= 0.3 is 5.97 Å². The lowest BCUT2D eigenvalue weighted by atomic mass is 10.1. The largest absolute Gasteiger partial charge is 0.479 e. The molecule has 0 spiro atoms. The van der Waals surface area contributed by atoms with Gasteiger partial charge in [-0.25, -0.2) is 9.18 Å². The molecule has 1 rings (SSSR count). The van der Waals surface area contributed by atoms with Crippen LogP contribution in [0.4, 0.5) is 4.39 Å². The van der Waals surface area contributed by atoms with Crippen molar-refractivity contribution in [2.24, 2.45) is 0 Å². The number of hydrogen-bond acceptors (Lipinski definition) is 3. The third kappa shape index (κ3) is 3.04. The van der Waals surface area contributed by atoms with Crippen LogP contribution in [0.5, 0.6) is 0 Å². The van der Waals surface area contributed by atoms with E-state index in [2.05, 4.69) is 0 Å². The predicted molar refractivity (Wildman–Crippen MR) is 53.0 cm³/mol. The molecule has 0 bridgehead atoms. The second-order valence-electron chi connectivity index (χ2n) is 3.21. The van der Waals surface area contributed by atoms with Crippen molar-refractivity contribution in [3.63, 3.8) is 0 Å². The maximum atomic E-state index is 13.2. The minimum Gasteiger partial charge on any atom is -0.479 e. The van der Waals surface area contributed by atoms with Crippen molar-refractivity contribution >= 4 is 5.97 Å². The number of nitrogens with zero attached hydrogens (tertiary/aromatic N) is 1. The fourth-order valence-electron chi connectivity index (χ4n) is 1.04. The van der Waals surface area contributed by atoms with E-state index in [9.17, 15) is 9.18 Å². The summed E-state index contributed by atoms with van der Waals surface area (Å²) in [5, 5.41) is 17.2. The second-order valence-corrected chi connectivity index (χ2v) is 3.21. The van der Waals surface area contributed by atoms with Crippen molar-refractivity contribution in [2.75, 3.05) is 0 Å². The van der Waals surface area contributed by atoms with Gasteiger partial charge in [0, 0.05) is 5.56 Å². The first-order valence-electron chi connectivity index (χ1n) is 4.57. The van der Waals surface area contributed by atoms with Crippen molar-refractivity contribution < 1.29 is 19.0 Å². The minimum absolute atomic E-state index is 0.172. The number of carboxylic acids is 1. The Kier molecular flexibility index (Phi) is 3.97. The van der Waals surface area contributed by atoms with Crippen LogP contribution in [-0.4, -0.2) is 17.2 Å². The fourth-order valence-corrected chi connectivity index (χ4v) is 1.04. The van der Waals surface area contributed by atoms with Crippen LogP contribution >= 0.6 is 0 Å². The van der Waals surface area contributed by atoms with E-state index >= 15 is 0 Å². The third-order valence-corrected chi connectivity index (χ3v) is 2.01. The molecule has 0 saturated carbocycles. The molecule has 0 aliphatic rings. The lowest BCUT2D eigenvalue weighted by molar-refractivity contribution is -0.149. The fraction of sp³-hybridized carbons (Fsp3) is 0.273. The molecule has 0 unspecified atom stereocenters. The summed E-state index contributed by atoms with van der Waals surface area (Å²) in [4.78, 5) is 10.5. The van der Waals surface area contributed by atoms with Gasteiger partial charge in [-0.1, -0.05) is 0 Å². The van der Waals surface area contributed by atoms with Crippen LogP contribution in [0.3, 0.4) is 0 Å². The summed E-state index contributed by atoms with van der Waals surface area (Å²) in [6.45, 7) is 1.18. The Hall–Kier alpha value is -1.93. The van der Waals surface area contributed by atoms with E-state index in [-0.39, 0.29) is 12.2 Å². The number of halogens is 1. The van der Waals surface area contributed by atoms with Crippen LogP contribution in [-0.2, 0) is 16.1 Å². The highest BCUT2D eigenvalue weighted by Gasteiger charge is 2.12. The zero-order chi connectivity index (χ0) is 12.1. The highest BCUT2D eigenvalue weighted by Crippen LogP contribution is 2.12. The Labute approximate surface area is 91.9 Å². The van der Waals surface area contributed by atoms with E-state index in [4.69, 9.17) is 15.1 Å². The average Bonchev–Trinajstić information content (AvgIpc) is 2.27. The van der Waals surface area contributed by atoms with Crippen LogP contribution < -0.4 is 0 Å². The summed E-state index contributed by atoms with van der Waals surface area (Å²) >= 11 is 0. The van der Waals surface area contributed by atoms with E-state index in [0.717, 1.165) is 6.07 Å². The monoisotopic (exact) mass is 223 g/mol. The van der Waals surface area contributed by atoms with Gasteiger partial charge in [0.05, 0.1) is 18.2 Å². The summed E-state index contributed by atoms with van der Waals surface area (Å²) in [6.07, 6.45) is -1.01. The number of ether oxygens (including phenoxy) is 1. The Morgan fingerprint density at radius 2 is 2.38 bits per heavy atom. The highest BCUT2D eigenvalue weighted by molar-refractivity contribution is 5.71. The lowest BCUT2D eigenvalue weighted by Gasteiger charge is -2.09. The van der Waals surface area contributed by atoms with Crippen molar-refractivity contribution in [3.05, 3.63) is 35.1 Å². The first-order valence-corrected chi connectivity index (χ1v) is 4.57. The third-order valence-electron chi connectivity index (χ3n) is 2.01. The van der Waals surface area contributed by atoms with Gasteiger partial charge in [0.1, 0.15) is 5.82 Å². The standard InChI is InChI=1S/C11H10FNO3/c1-7(11(14)15)16-6-9-4-8(5-13)2-3-10(9)12/h2-4,7H,6H2,1H3,(H,14,15)/t7-/m1/s1. The lowest BCUT2D eigenvalue weighted by Crippen LogP contribution is -2.19.